The van der Waals surface area contributed by atoms with Crippen molar-refractivity contribution in [2.24, 2.45) is 0 Å². The van der Waals surface area contributed by atoms with E-state index in [0.29, 0.717) is 0 Å². The van der Waals surface area contributed by atoms with Crippen LogP contribution in [0.25, 0.3) is 11.0 Å². The molecule has 0 unspecified atom stereocenters. The molecular formula is C18H28N2P2. The van der Waals surface area contributed by atoms with E-state index < -0.39 is 0 Å². The zero-order chi connectivity index (χ0) is 16.7. The van der Waals surface area contributed by atoms with Gasteiger partial charge in [-0.05, 0) is 35.8 Å². The zero-order valence-corrected chi connectivity index (χ0v) is 16.9. The van der Waals surface area contributed by atoms with E-state index in [2.05, 4.69) is 67.0 Å². The van der Waals surface area contributed by atoms with Gasteiger partial charge >= 0.3 is 0 Å². The molecule has 0 aliphatic heterocycles. The Labute approximate surface area is 137 Å². The van der Waals surface area contributed by atoms with E-state index in [9.17, 15) is 0 Å². The summed E-state index contributed by atoms with van der Waals surface area (Å²) in [5, 5.41) is 0.491. The largest absolute Gasteiger partial charge is 0.244 e. The molecule has 2 rings (SSSR count). The Morgan fingerprint density at radius 3 is 1.27 bits per heavy atom. The SMILES string of the molecule is C[P@](c1nc2ccccc2nc1[P@](C)C(C)(C)C)C(C)(C)C. The van der Waals surface area contributed by atoms with E-state index in [4.69, 9.17) is 9.97 Å². The highest BCUT2D eigenvalue weighted by Crippen LogP contribution is 2.49. The van der Waals surface area contributed by atoms with Gasteiger partial charge in [-0.1, -0.05) is 69.5 Å². The number of hydrogen-bond donors (Lipinski definition) is 0. The molecule has 4 heteroatoms. The van der Waals surface area contributed by atoms with Crippen LogP contribution < -0.4 is 10.9 Å². The van der Waals surface area contributed by atoms with Crippen molar-refractivity contribution < 1.29 is 0 Å². The molecule has 0 aliphatic carbocycles. The Kier molecular flexibility index (Phi) is 4.96. The molecule has 0 saturated carbocycles. The Morgan fingerprint density at radius 2 is 1.00 bits per heavy atom. The highest BCUT2D eigenvalue weighted by Gasteiger charge is 2.31. The Morgan fingerprint density at radius 1 is 0.682 bits per heavy atom. The van der Waals surface area contributed by atoms with Gasteiger partial charge in [0.05, 0.1) is 21.9 Å². The van der Waals surface area contributed by atoms with Crippen molar-refractivity contribution in [1.82, 2.24) is 9.97 Å². The number of aromatic nitrogens is 2. The summed E-state index contributed by atoms with van der Waals surface area (Å²) >= 11 is 0. The molecule has 0 radical (unpaired) electrons. The van der Waals surface area contributed by atoms with Crippen molar-refractivity contribution in [3.8, 4) is 0 Å². The minimum Gasteiger partial charge on any atom is -0.244 e. The summed E-state index contributed by atoms with van der Waals surface area (Å²) in [4.78, 5) is 10.1. The van der Waals surface area contributed by atoms with Crippen LogP contribution in [0.3, 0.4) is 0 Å². The molecule has 22 heavy (non-hydrogen) atoms. The lowest BCUT2D eigenvalue weighted by molar-refractivity contribution is 0.787. The van der Waals surface area contributed by atoms with Crippen molar-refractivity contribution >= 4 is 37.7 Å². The normalized spacial score (nSPS) is 15.8. The monoisotopic (exact) mass is 334 g/mol. The summed E-state index contributed by atoms with van der Waals surface area (Å²) < 4.78 is 0. The third-order valence-electron chi connectivity index (χ3n) is 4.18. The quantitative estimate of drug-likeness (QED) is 0.744. The van der Waals surface area contributed by atoms with Crippen LogP contribution in [0.4, 0.5) is 0 Å². The molecule has 0 spiro atoms. The molecule has 1 aromatic heterocycles. The molecule has 2 aromatic rings. The maximum Gasteiger partial charge on any atom is 0.0899 e. The van der Waals surface area contributed by atoms with Gasteiger partial charge < -0.3 is 0 Å². The highest BCUT2D eigenvalue weighted by atomic mass is 31.1. The number of hydrogen-bond acceptors (Lipinski definition) is 2. The Balaban J connectivity index is 2.70. The van der Waals surface area contributed by atoms with Gasteiger partial charge in [0.25, 0.3) is 0 Å². The van der Waals surface area contributed by atoms with Crippen molar-refractivity contribution in [2.75, 3.05) is 13.3 Å². The minimum atomic E-state index is -0.348. The Bertz CT molecular complexity index is 610. The van der Waals surface area contributed by atoms with Gasteiger partial charge in [-0.3, -0.25) is 0 Å². The summed E-state index contributed by atoms with van der Waals surface area (Å²) in [7, 11) is -0.695. The molecule has 1 aromatic carbocycles. The highest BCUT2D eigenvalue weighted by molar-refractivity contribution is 7.72. The minimum absolute atomic E-state index is 0.245. The molecule has 0 fully saturated rings. The number of rotatable bonds is 2. The van der Waals surface area contributed by atoms with Crippen LogP contribution in [0.15, 0.2) is 24.3 Å². The first-order valence-corrected chi connectivity index (χ1v) is 11.3. The van der Waals surface area contributed by atoms with E-state index >= 15 is 0 Å². The van der Waals surface area contributed by atoms with Gasteiger partial charge in [-0.2, -0.15) is 0 Å². The van der Waals surface area contributed by atoms with Crippen molar-refractivity contribution in [2.45, 2.75) is 51.9 Å². The van der Waals surface area contributed by atoms with Crippen LogP contribution in [0, 0.1) is 0 Å². The summed E-state index contributed by atoms with van der Waals surface area (Å²) in [6, 6.07) is 8.26. The molecular weight excluding hydrogens is 306 g/mol. The van der Waals surface area contributed by atoms with E-state index in [1.165, 1.54) is 10.9 Å². The maximum absolute atomic E-state index is 5.06. The molecule has 0 bridgehead atoms. The molecule has 0 aliphatic rings. The summed E-state index contributed by atoms with van der Waals surface area (Å²) in [5.41, 5.74) is 4.56. The predicted molar refractivity (Wildman–Crippen MR) is 104 cm³/mol. The van der Waals surface area contributed by atoms with Crippen LogP contribution in [0.1, 0.15) is 41.5 Å². The fourth-order valence-corrected chi connectivity index (χ4v) is 5.45. The fourth-order valence-electron chi connectivity index (χ4n) is 2.07. The first-order chi connectivity index (χ1) is 10.0. The first-order valence-electron chi connectivity index (χ1n) is 7.76. The predicted octanol–water partition coefficient (Wildman–Crippen LogP) is 4.70. The number of para-hydroxylation sites is 2. The van der Waals surface area contributed by atoms with E-state index in [-0.39, 0.29) is 26.2 Å². The standard InChI is InChI=1S/C18H28N2P2/c1-17(2,3)21(7)15-16(22(8)18(4,5)6)20-14-12-10-9-11-13(14)19-15/h9-12H,1-8H3/t21-,22+. The molecule has 0 amide bonds. The first kappa shape index (κ1) is 17.8. The molecule has 0 saturated heterocycles. The van der Waals surface area contributed by atoms with Gasteiger partial charge in [0.1, 0.15) is 0 Å². The second-order valence-electron chi connectivity index (χ2n) is 7.82. The van der Waals surface area contributed by atoms with E-state index in [1.807, 2.05) is 12.1 Å². The molecule has 2 nitrogen and oxygen atoms in total. The topological polar surface area (TPSA) is 25.8 Å². The van der Waals surface area contributed by atoms with Crippen LogP contribution in [-0.4, -0.2) is 33.6 Å². The smallest absolute Gasteiger partial charge is 0.0899 e. The molecule has 1 heterocycles. The number of nitrogens with zero attached hydrogens (tertiary/aromatic N) is 2. The molecule has 0 N–H and O–H groups in total. The van der Waals surface area contributed by atoms with E-state index in [1.54, 1.807) is 0 Å². The van der Waals surface area contributed by atoms with Crippen molar-refractivity contribution in [3.05, 3.63) is 24.3 Å². The second kappa shape index (κ2) is 6.14. The van der Waals surface area contributed by atoms with E-state index in [0.717, 1.165) is 11.0 Å². The van der Waals surface area contributed by atoms with Gasteiger partial charge in [0.15, 0.2) is 0 Å². The van der Waals surface area contributed by atoms with Gasteiger partial charge in [-0.15, -0.1) is 0 Å². The van der Waals surface area contributed by atoms with Gasteiger partial charge in [0, 0.05) is 0 Å². The van der Waals surface area contributed by atoms with Crippen molar-refractivity contribution in [3.63, 3.8) is 0 Å². The summed E-state index contributed by atoms with van der Waals surface area (Å²) in [6.07, 6.45) is 0. The van der Waals surface area contributed by atoms with Crippen LogP contribution >= 0.6 is 15.8 Å². The third kappa shape index (κ3) is 3.66. The number of fused-ring (bicyclic) bond motifs is 1. The van der Waals surface area contributed by atoms with Crippen molar-refractivity contribution in [1.29, 1.82) is 0 Å². The summed E-state index contributed by atoms with van der Waals surface area (Å²) in [6.45, 7) is 18.6. The Hall–Kier alpha value is -0.580. The third-order valence-corrected chi connectivity index (χ3v) is 10.3. The second-order valence-corrected chi connectivity index (χ2v) is 13.6. The zero-order valence-electron chi connectivity index (χ0n) is 15.1. The van der Waals surface area contributed by atoms with Gasteiger partial charge in [-0.25, -0.2) is 9.97 Å². The lowest BCUT2D eigenvalue weighted by Gasteiger charge is -2.33. The number of benzene rings is 1. The van der Waals surface area contributed by atoms with Crippen LogP contribution in [-0.2, 0) is 0 Å². The average Bonchev–Trinajstić information content (AvgIpc) is 2.42. The molecule has 120 valence electrons. The van der Waals surface area contributed by atoms with Gasteiger partial charge in [0.2, 0.25) is 0 Å². The summed E-state index contributed by atoms with van der Waals surface area (Å²) in [5.74, 6) is 0. The molecule has 2 atom stereocenters. The lowest BCUT2D eigenvalue weighted by Crippen LogP contribution is -2.36. The van der Waals surface area contributed by atoms with Crippen LogP contribution in [0.2, 0.25) is 0 Å². The lowest BCUT2D eigenvalue weighted by atomic mass is 10.3. The average molecular weight is 334 g/mol. The fraction of sp³-hybridized carbons (Fsp3) is 0.556. The van der Waals surface area contributed by atoms with Crippen LogP contribution in [0.5, 0.6) is 0 Å². The maximum atomic E-state index is 5.06.